The van der Waals surface area contributed by atoms with Gasteiger partial charge in [-0.05, 0) is 70.6 Å². The Labute approximate surface area is 420 Å². The Morgan fingerprint density at radius 1 is 0.471 bits per heavy atom. The molecule has 0 aromatic carbocycles. The van der Waals surface area contributed by atoms with E-state index in [2.05, 4.69) is 98.9 Å². The van der Waals surface area contributed by atoms with Crippen molar-refractivity contribution in [3.63, 3.8) is 0 Å². The van der Waals surface area contributed by atoms with E-state index < -0.39 is 13.9 Å². The molecule has 0 amide bonds. The second-order valence-electron chi connectivity index (χ2n) is 19.6. The van der Waals surface area contributed by atoms with Gasteiger partial charge in [-0.25, -0.2) is 0 Å². The number of likely N-dealkylation sites (N-methyl/N-ethyl adjacent to an activating group) is 1. The van der Waals surface area contributed by atoms with Crippen LogP contribution in [0.3, 0.4) is 0 Å². The smallest absolute Gasteiger partial charge is 0.306 e. The standard InChI is InChI=1S/C59H106NO7P/c1-6-8-10-12-14-16-18-20-22-24-26-28-29-30-31-32-34-36-38-40-42-44-46-48-50-52-59(61)67-58(57-66-68(62,63)65-55-53-60(3,4)5)56-64-54-51-49-47-45-43-41-39-37-35-33-27-25-23-21-19-17-15-13-11-9-7-2/h8,10,14,16,20,22,26,28,30-31,34,36,40,42,58H,6-7,9,11-13,15,17-19,21,23-25,27,29,32-33,35,37-39,41,43-57H2,1-5H3/b10-8-,16-14-,22-20-,28-26-,31-30-,36-34-,42-40-. The minimum absolute atomic E-state index is 0.0163. The Balaban J connectivity index is 4.19. The lowest BCUT2D eigenvalue weighted by Crippen LogP contribution is -2.37. The Morgan fingerprint density at radius 2 is 0.853 bits per heavy atom. The third-order valence-corrected chi connectivity index (χ3v) is 12.7. The van der Waals surface area contributed by atoms with Crippen molar-refractivity contribution in [2.75, 3.05) is 54.1 Å². The number of ether oxygens (including phenoxy) is 2. The number of carbonyl (C=O) groups is 1. The molecule has 0 N–H and O–H groups in total. The summed E-state index contributed by atoms with van der Waals surface area (Å²) in [5.74, 6) is -0.365. The van der Waals surface area contributed by atoms with Crippen LogP contribution in [0.5, 0.6) is 0 Å². The summed E-state index contributed by atoms with van der Waals surface area (Å²) in [5.41, 5.74) is 0. The van der Waals surface area contributed by atoms with Crippen molar-refractivity contribution in [2.45, 2.75) is 232 Å². The predicted octanol–water partition coefficient (Wildman–Crippen LogP) is 16.9. The molecule has 0 aliphatic carbocycles. The van der Waals surface area contributed by atoms with Crippen LogP contribution in [-0.4, -0.2) is 70.7 Å². The SMILES string of the molecule is CC/C=C\C/C=C\C/C=C\C/C=C\C/C=C\C/C=C\C/C=C\CCCCCC(=O)OC(COCCCCCCCCCCCCCCCCCCCCCCC)COP(=O)([O-])OCC[N+](C)(C)C. The second kappa shape index (κ2) is 51.0. The van der Waals surface area contributed by atoms with Crippen molar-refractivity contribution >= 4 is 13.8 Å². The van der Waals surface area contributed by atoms with E-state index in [1.165, 1.54) is 122 Å². The molecule has 394 valence electrons. The van der Waals surface area contributed by atoms with Gasteiger partial charge in [0.1, 0.15) is 19.3 Å². The van der Waals surface area contributed by atoms with Gasteiger partial charge in [-0.3, -0.25) is 9.36 Å². The van der Waals surface area contributed by atoms with Gasteiger partial charge in [0, 0.05) is 13.0 Å². The fourth-order valence-corrected chi connectivity index (χ4v) is 8.20. The molecule has 0 aliphatic rings. The zero-order valence-corrected chi connectivity index (χ0v) is 45.7. The van der Waals surface area contributed by atoms with E-state index in [1.54, 1.807) is 0 Å². The maximum Gasteiger partial charge on any atom is 0.306 e. The Hall–Kier alpha value is -2.32. The van der Waals surface area contributed by atoms with Gasteiger partial charge in [-0.15, -0.1) is 0 Å². The minimum atomic E-state index is -4.55. The number of esters is 1. The van der Waals surface area contributed by atoms with Gasteiger partial charge in [0.2, 0.25) is 0 Å². The van der Waals surface area contributed by atoms with Crippen molar-refractivity contribution in [3.8, 4) is 0 Å². The molecule has 0 spiro atoms. The number of unbranched alkanes of at least 4 members (excludes halogenated alkanes) is 23. The van der Waals surface area contributed by atoms with E-state index in [-0.39, 0.29) is 32.2 Å². The van der Waals surface area contributed by atoms with Gasteiger partial charge in [-0.2, -0.15) is 0 Å². The van der Waals surface area contributed by atoms with Gasteiger partial charge in [0.25, 0.3) is 7.82 Å². The molecule has 0 aliphatic heterocycles. The molecule has 0 heterocycles. The number of rotatable bonds is 51. The van der Waals surface area contributed by atoms with E-state index >= 15 is 0 Å². The lowest BCUT2D eigenvalue weighted by atomic mass is 10.0. The molecule has 0 rings (SSSR count). The summed E-state index contributed by atoms with van der Waals surface area (Å²) in [6.07, 6.45) is 69.1. The molecule has 0 saturated carbocycles. The average Bonchev–Trinajstić information content (AvgIpc) is 3.30. The fourth-order valence-electron chi connectivity index (χ4n) is 7.47. The van der Waals surface area contributed by atoms with Crippen LogP contribution in [0.15, 0.2) is 85.1 Å². The molecule has 0 bridgehead atoms. The van der Waals surface area contributed by atoms with Gasteiger partial charge >= 0.3 is 5.97 Å². The van der Waals surface area contributed by atoms with Gasteiger partial charge in [-0.1, -0.05) is 234 Å². The van der Waals surface area contributed by atoms with Crippen molar-refractivity contribution in [3.05, 3.63) is 85.1 Å². The summed E-state index contributed by atoms with van der Waals surface area (Å²) in [4.78, 5) is 25.2. The van der Waals surface area contributed by atoms with Crippen LogP contribution in [0, 0.1) is 0 Å². The van der Waals surface area contributed by atoms with Crippen molar-refractivity contribution in [1.82, 2.24) is 0 Å². The molecule has 0 radical (unpaired) electrons. The lowest BCUT2D eigenvalue weighted by Gasteiger charge is -2.28. The van der Waals surface area contributed by atoms with Crippen LogP contribution >= 0.6 is 7.82 Å². The number of quaternary nitrogens is 1. The maximum atomic E-state index is 12.8. The second-order valence-corrected chi connectivity index (χ2v) is 21.0. The molecular weight excluding hydrogens is 866 g/mol. The number of hydrogen-bond donors (Lipinski definition) is 0. The number of nitrogens with zero attached hydrogens (tertiary/aromatic N) is 1. The molecule has 68 heavy (non-hydrogen) atoms. The van der Waals surface area contributed by atoms with E-state index in [9.17, 15) is 14.3 Å². The number of hydrogen-bond acceptors (Lipinski definition) is 7. The summed E-state index contributed by atoms with van der Waals surface area (Å²) >= 11 is 0. The minimum Gasteiger partial charge on any atom is -0.756 e. The molecule has 0 fully saturated rings. The van der Waals surface area contributed by atoms with Gasteiger partial charge in [0.05, 0.1) is 34.4 Å². The molecule has 0 saturated heterocycles. The first-order chi connectivity index (χ1) is 33.1. The lowest BCUT2D eigenvalue weighted by molar-refractivity contribution is -0.870. The highest BCUT2D eigenvalue weighted by Crippen LogP contribution is 2.38. The molecule has 2 unspecified atom stereocenters. The van der Waals surface area contributed by atoms with Crippen LogP contribution in [-0.2, 0) is 27.9 Å². The quantitative estimate of drug-likeness (QED) is 0.0197. The molecule has 9 heteroatoms. The van der Waals surface area contributed by atoms with Gasteiger partial charge in [0.15, 0.2) is 0 Å². The number of carbonyl (C=O) groups excluding carboxylic acids is 1. The van der Waals surface area contributed by atoms with E-state index in [0.717, 1.165) is 77.0 Å². The highest BCUT2D eigenvalue weighted by molar-refractivity contribution is 7.45. The Kier molecular flexibility index (Phi) is 49.3. The maximum absolute atomic E-state index is 12.8. The summed E-state index contributed by atoms with van der Waals surface area (Å²) in [6.45, 7) is 5.27. The molecule has 0 aromatic rings. The first-order valence-electron chi connectivity index (χ1n) is 27.8. The van der Waals surface area contributed by atoms with Crippen LogP contribution in [0.2, 0.25) is 0 Å². The number of allylic oxidation sites excluding steroid dienone is 14. The first-order valence-corrected chi connectivity index (χ1v) is 29.3. The highest BCUT2D eigenvalue weighted by Gasteiger charge is 2.20. The summed E-state index contributed by atoms with van der Waals surface area (Å²) in [5, 5.41) is 0. The van der Waals surface area contributed by atoms with Crippen LogP contribution in [0.25, 0.3) is 0 Å². The first kappa shape index (κ1) is 65.7. The largest absolute Gasteiger partial charge is 0.756 e. The van der Waals surface area contributed by atoms with E-state index in [0.29, 0.717) is 24.1 Å². The van der Waals surface area contributed by atoms with E-state index in [1.807, 2.05) is 21.1 Å². The van der Waals surface area contributed by atoms with E-state index in [4.69, 9.17) is 18.5 Å². The molecular formula is C59H106NO7P. The fraction of sp³-hybridized carbons (Fsp3) is 0.746. The van der Waals surface area contributed by atoms with Crippen LogP contribution in [0.4, 0.5) is 0 Å². The third-order valence-electron chi connectivity index (χ3n) is 11.7. The monoisotopic (exact) mass is 972 g/mol. The third kappa shape index (κ3) is 54.6. The summed E-state index contributed by atoms with van der Waals surface area (Å²) in [6, 6.07) is 0. The van der Waals surface area contributed by atoms with Crippen LogP contribution in [0.1, 0.15) is 226 Å². The zero-order valence-electron chi connectivity index (χ0n) is 44.8. The summed E-state index contributed by atoms with van der Waals surface area (Å²) < 4.78 is 34.8. The Bertz CT molecular complexity index is 1360. The van der Waals surface area contributed by atoms with Crippen molar-refractivity contribution < 1.29 is 37.3 Å². The highest BCUT2D eigenvalue weighted by atomic mass is 31.2. The zero-order chi connectivity index (χ0) is 49.8. The molecule has 2 atom stereocenters. The predicted molar refractivity (Wildman–Crippen MR) is 291 cm³/mol. The van der Waals surface area contributed by atoms with Gasteiger partial charge < -0.3 is 27.9 Å². The van der Waals surface area contributed by atoms with Crippen molar-refractivity contribution in [1.29, 1.82) is 0 Å². The molecule has 8 nitrogen and oxygen atoms in total. The number of phosphoric ester groups is 1. The molecule has 0 aromatic heterocycles. The normalized spacial score (nSPS) is 14.1. The Morgan fingerprint density at radius 3 is 1.26 bits per heavy atom. The number of phosphoric acid groups is 1. The van der Waals surface area contributed by atoms with Crippen LogP contribution < -0.4 is 4.89 Å². The summed E-state index contributed by atoms with van der Waals surface area (Å²) in [7, 11) is 1.33. The topological polar surface area (TPSA) is 94.1 Å². The van der Waals surface area contributed by atoms with Crippen molar-refractivity contribution in [2.24, 2.45) is 0 Å². The average molecular weight is 972 g/mol.